The van der Waals surface area contributed by atoms with Crippen LogP contribution in [0, 0.1) is 0 Å². The first-order chi connectivity index (χ1) is 10.2. The second-order valence-electron chi connectivity index (χ2n) is 5.13. The Balaban J connectivity index is 2.30. The summed E-state index contributed by atoms with van der Waals surface area (Å²) in [4.78, 5) is 12.4. The second kappa shape index (κ2) is 7.04. The van der Waals surface area contributed by atoms with Gasteiger partial charge < -0.3 is 10.5 Å². The van der Waals surface area contributed by atoms with Crippen LogP contribution in [0.15, 0.2) is 60.7 Å². The summed E-state index contributed by atoms with van der Waals surface area (Å²) >= 11 is 0. The molecular formula is C18H21NO2. The van der Waals surface area contributed by atoms with Crippen molar-refractivity contribution in [3.63, 3.8) is 0 Å². The predicted molar refractivity (Wildman–Crippen MR) is 84.0 cm³/mol. The molecule has 0 amide bonds. The van der Waals surface area contributed by atoms with Gasteiger partial charge in [0.25, 0.3) is 0 Å². The Bertz CT molecular complexity index is 568. The van der Waals surface area contributed by atoms with Crippen molar-refractivity contribution in [2.45, 2.75) is 18.3 Å². The topological polar surface area (TPSA) is 52.3 Å². The molecule has 0 aliphatic heterocycles. The Kier molecular flexibility index (Phi) is 5.12. The van der Waals surface area contributed by atoms with Crippen molar-refractivity contribution in [2.75, 3.05) is 13.7 Å². The zero-order valence-corrected chi connectivity index (χ0v) is 12.3. The zero-order valence-electron chi connectivity index (χ0n) is 12.3. The van der Waals surface area contributed by atoms with Crippen molar-refractivity contribution >= 4 is 5.97 Å². The molecule has 2 aromatic carbocycles. The molecule has 3 heteroatoms. The Labute approximate surface area is 125 Å². The molecule has 2 rings (SSSR count). The van der Waals surface area contributed by atoms with E-state index in [4.69, 9.17) is 10.5 Å². The number of esters is 1. The highest BCUT2D eigenvalue weighted by Crippen LogP contribution is 2.30. The van der Waals surface area contributed by atoms with E-state index in [0.29, 0.717) is 6.42 Å². The van der Waals surface area contributed by atoms with Gasteiger partial charge in [-0.05, 0) is 24.0 Å². The van der Waals surface area contributed by atoms with Gasteiger partial charge in [-0.1, -0.05) is 60.7 Å². The normalized spacial score (nSPS) is 13.4. The van der Waals surface area contributed by atoms with Gasteiger partial charge in [-0.25, -0.2) is 0 Å². The molecule has 0 saturated heterocycles. The number of nitrogens with two attached hydrogens (primary N) is 1. The van der Waals surface area contributed by atoms with Crippen LogP contribution in [0.25, 0.3) is 0 Å². The van der Waals surface area contributed by atoms with Crippen LogP contribution in [0.5, 0.6) is 0 Å². The standard InChI is InChI=1S/C18H21NO2/c1-21-17(20)18(14-19,16-10-6-3-7-11-16)13-12-15-8-4-2-5-9-15/h2-11H,12-14,19H2,1H3. The highest BCUT2D eigenvalue weighted by atomic mass is 16.5. The van der Waals surface area contributed by atoms with Crippen LogP contribution in [0.4, 0.5) is 0 Å². The summed E-state index contributed by atoms with van der Waals surface area (Å²) in [7, 11) is 1.41. The molecule has 21 heavy (non-hydrogen) atoms. The quantitative estimate of drug-likeness (QED) is 0.829. The molecule has 0 heterocycles. The smallest absolute Gasteiger partial charge is 0.317 e. The Hall–Kier alpha value is -2.13. The van der Waals surface area contributed by atoms with Crippen LogP contribution in [0.1, 0.15) is 17.5 Å². The zero-order chi connectivity index (χ0) is 15.1. The molecule has 0 aromatic heterocycles. The largest absolute Gasteiger partial charge is 0.468 e. The Morgan fingerprint density at radius 3 is 2.14 bits per heavy atom. The summed E-state index contributed by atoms with van der Waals surface area (Å²) in [6.45, 7) is 0.233. The van der Waals surface area contributed by atoms with Gasteiger partial charge in [0.2, 0.25) is 0 Å². The van der Waals surface area contributed by atoms with Crippen LogP contribution in [-0.2, 0) is 21.4 Å². The Morgan fingerprint density at radius 2 is 1.62 bits per heavy atom. The van der Waals surface area contributed by atoms with E-state index in [-0.39, 0.29) is 12.5 Å². The lowest BCUT2D eigenvalue weighted by Gasteiger charge is -2.30. The average Bonchev–Trinajstić information content (AvgIpc) is 2.57. The number of aryl methyl sites for hydroxylation is 1. The molecule has 1 atom stereocenters. The van der Waals surface area contributed by atoms with Crippen molar-refractivity contribution in [1.29, 1.82) is 0 Å². The van der Waals surface area contributed by atoms with Crippen LogP contribution >= 0.6 is 0 Å². The molecule has 0 spiro atoms. The van der Waals surface area contributed by atoms with E-state index in [9.17, 15) is 4.79 Å². The molecule has 0 fully saturated rings. The van der Waals surface area contributed by atoms with Crippen molar-refractivity contribution in [1.82, 2.24) is 0 Å². The summed E-state index contributed by atoms with van der Waals surface area (Å²) in [6.07, 6.45) is 1.41. The van der Waals surface area contributed by atoms with Gasteiger partial charge >= 0.3 is 5.97 Å². The molecule has 0 bridgehead atoms. The highest BCUT2D eigenvalue weighted by molar-refractivity contribution is 5.83. The third-order valence-corrected chi connectivity index (χ3v) is 3.93. The Morgan fingerprint density at radius 1 is 1.05 bits per heavy atom. The molecule has 110 valence electrons. The third kappa shape index (κ3) is 3.31. The van der Waals surface area contributed by atoms with E-state index in [1.165, 1.54) is 12.7 Å². The highest BCUT2D eigenvalue weighted by Gasteiger charge is 2.39. The minimum atomic E-state index is -0.786. The molecule has 1 unspecified atom stereocenters. The van der Waals surface area contributed by atoms with Crippen LogP contribution in [0.2, 0.25) is 0 Å². The fourth-order valence-corrected chi connectivity index (χ4v) is 2.62. The number of hydrogen-bond acceptors (Lipinski definition) is 3. The minimum absolute atomic E-state index is 0.233. The van der Waals surface area contributed by atoms with E-state index >= 15 is 0 Å². The fraction of sp³-hybridized carbons (Fsp3) is 0.278. The van der Waals surface area contributed by atoms with Crippen LogP contribution < -0.4 is 5.73 Å². The SMILES string of the molecule is COC(=O)C(CN)(CCc1ccccc1)c1ccccc1. The number of carbonyl (C=O) groups excluding carboxylic acids is 1. The molecule has 0 radical (unpaired) electrons. The molecule has 0 aliphatic carbocycles. The minimum Gasteiger partial charge on any atom is -0.468 e. The number of carbonyl (C=O) groups is 1. The van der Waals surface area contributed by atoms with Gasteiger partial charge in [-0.15, -0.1) is 0 Å². The summed E-state index contributed by atoms with van der Waals surface area (Å²) in [5.74, 6) is -0.271. The van der Waals surface area contributed by atoms with Gasteiger partial charge in [0, 0.05) is 6.54 Å². The molecule has 0 aliphatic rings. The molecule has 2 aromatic rings. The number of ether oxygens (including phenoxy) is 1. The summed E-state index contributed by atoms with van der Waals surface area (Å²) in [5.41, 5.74) is 7.30. The van der Waals surface area contributed by atoms with Crippen molar-refractivity contribution < 1.29 is 9.53 Å². The van der Waals surface area contributed by atoms with Gasteiger partial charge in [0.15, 0.2) is 0 Å². The summed E-state index contributed by atoms with van der Waals surface area (Å²) in [5, 5.41) is 0. The lowest BCUT2D eigenvalue weighted by molar-refractivity contribution is -0.147. The monoisotopic (exact) mass is 283 g/mol. The van der Waals surface area contributed by atoms with Crippen molar-refractivity contribution in [2.24, 2.45) is 5.73 Å². The summed E-state index contributed by atoms with van der Waals surface area (Å²) in [6, 6.07) is 19.8. The number of benzene rings is 2. The van der Waals surface area contributed by atoms with Crippen molar-refractivity contribution in [3.8, 4) is 0 Å². The number of rotatable bonds is 6. The maximum absolute atomic E-state index is 12.4. The molecule has 3 nitrogen and oxygen atoms in total. The first kappa shape index (κ1) is 15.3. The lowest BCUT2D eigenvalue weighted by Crippen LogP contribution is -2.44. The number of hydrogen-bond donors (Lipinski definition) is 1. The van der Waals surface area contributed by atoms with Crippen molar-refractivity contribution in [3.05, 3.63) is 71.8 Å². The second-order valence-corrected chi connectivity index (χ2v) is 5.13. The first-order valence-corrected chi connectivity index (χ1v) is 7.11. The van der Waals surface area contributed by atoms with Crippen LogP contribution in [0.3, 0.4) is 0 Å². The van der Waals surface area contributed by atoms with E-state index in [1.807, 2.05) is 48.5 Å². The van der Waals surface area contributed by atoms with Gasteiger partial charge in [-0.2, -0.15) is 0 Å². The van der Waals surface area contributed by atoms with E-state index in [0.717, 1.165) is 12.0 Å². The molecule has 0 saturated carbocycles. The van der Waals surface area contributed by atoms with E-state index in [1.54, 1.807) is 0 Å². The number of methoxy groups -OCH3 is 1. The van der Waals surface area contributed by atoms with Crippen LogP contribution in [-0.4, -0.2) is 19.6 Å². The third-order valence-electron chi connectivity index (χ3n) is 3.93. The van der Waals surface area contributed by atoms with Gasteiger partial charge in [0.1, 0.15) is 5.41 Å². The van der Waals surface area contributed by atoms with E-state index in [2.05, 4.69) is 12.1 Å². The maximum Gasteiger partial charge on any atom is 0.317 e. The average molecular weight is 283 g/mol. The summed E-state index contributed by atoms with van der Waals surface area (Å²) < 4.78 is 5.03. The van der Waals surface area contributed by atoms with Gasteiger partial charge in [0.05, 0.1) is 7.11 Å². The van der Waals surface area contributed by atoms with E-state index < -0.39 is 5.41 Å². The lowest BCUT2D eigenvalue weighted by atomic mass is 9.76. The van der Waals surface area contributed by atoms with Gasteiger partial charge in [-0.3, -0.25) is 4.79 Å². The predicted octanol–water partition coefficient (Wildman–Crippen LogP) is 2.69. The maximum atomic E-state index is 12.4. The first-order valence-electron chi connectivity index (χ1n) is 7.11. The molecule has 2 N–H and O–H groups in total. The fourth-order valence-electron chi connectivity index (χ4n) is 2.62. The molecular weight excluding hydrogens is 262 g/mol.